The number of benzene rings is 1. The Morgan fingerprint density at radius 2 is 2.06 bits per heavy atom. The third kappa shape index (κ3) is 5.34. The lowest BCUT2D eigenvalue weighted by Gasteiger charge is -2.38. The molecule has 0 unspecified atom stereocenters. The van der Waals surface area contributed by atoms with Gasteiger partial charge in [-0.3, -0.25) is 4.90 Å². The molecule has 2 aliphatic rings. The normalized spacial score (nSPS) is 17.3. The van der Waals surface area contributed by atoms with Crippen LogP contribution in [0.25, 0.3) is 0 Å². The SMILES string of the molecule is C=C1C=C(NC2=NC(=O)N(C(/C=C\CC)=C/C)C(=C)N2Cc2ccc(F)c(Br)c2)C(C)=CC1=N. The number of nitrogens with zero attached hydrogens (tertiary/aromatic N) is 3. The van der Waals surface area contributed by atoms with Gasteiger partial charge in [0.05, 0.1) is 16.7 Å². The molecule has 1 heterocycles. The third-order valence-corrected chi connectivity index (χ3v) is 5.93. The van der Waals surface area contributed by atoms with Crippen molar-refractivity contribution < 1.29 is 9.18 Å². The van der Waals surface area contributed by atoms with E-state index in [2.05, 4.69) is 39.4 Å². The van der Waals surface area contributed by atoms with Crippen molar-refractivity contribution in [1.29, 1.82) is 5.41 Å². The van der Waals surface area contributed by atoms with Crippen LogP contribution in [0.1, 0.15) is 32.8 Å². The summed E-state index contributed by atoms with van der Waals surface area (Å²) < 4.78 is 14.2. The number of amides is 2. The van der Waals surface area contributed by atoms with Gasteiger partial charge in [-0.25, -0.2) is 14.1 Å². The molecule has 2 amide bonds. The van der Waals surface area contributed by atoms with E-state index in [1.54, 1.807) is 29.2 Å². The highest BCUT2D eigenvalue weighted by molar-refractivity contribution is 9.10. The number of urea groups is 1. The number of allylic oxidation sites excluding steroid dienone is 7. The molecular formula is C26H27BrFN5O. The zero-order valence-corrected chi connectivity index (χ0v) is 21.0. The number of aliphatic imine (C=N–C) groups is 1. The Hall–Kier alpha value is -3.52. The van der Waals surface area contributed by atoms with Crippen LogP contribution in [-0.2, 0) is 6.54 Å². The Labute approximate surface area is 207 Å². The first-order valence-electron chi connectivity index (χ1n) is 10.8. The number of guanidine groups is 1. The van der Waals surface area contributed by atoms with Gasteiger partial charge in [0.2, 0.25) is 5.96 Å². The Bertz CT molecular complexity index is 1220. The van der Waals surface area contributed by atoms with Crippen LogP contribution in [-0.4, -0.2) is 27.5 Å². The molecule has 1 aromatic carbocycles. The minimum atomic E-state index is -0.484. The minimum Gasteiger partial charge on any atom is -0.325 e. The maximum Gasteiger partial charge on any atom is 0.357 e. The molecule has 0 bridgehead atoms. The molecule has 0 aromatic heterocycles. The molecule has 1 aliphatic heterocycles. The summed E-state index contributed by atoms with van der Waals surface area (Å²) in [7, 11) is 0. The summed E-state index contributed by atoms with van der Waals surface area (Å²) in [5.74, 6) is 0.322. The standard InChI is InChI=1S/C26H27BrFN5O/c1-6-8-9-20(7-2)33-18(5)32(15-19-10-11-22(28)21(27)14-19)25(31-26(33)34)30-24-13-16(3)23(29)12-17(24)4/h7-14,29H,3,5-6,15H2,1-2,4H3,(H,30,31,34)/b9-8-,20-7+,29-23?. The highest BCUT2D eigenvalue weighted by Gasteiger charge is 2.33. The topological polar surface area (TPSA) is 71.8 Å². The molecule has 6 nitrogen and oxygen atoms in total. The molecule has 0 saturated heterocycles. The fourth-order valence-corrected chi connectivity index (χ4v) is 3.87. The van der Waals surface area contributed by atoms with Crippen molar-refractivity contribution in [2.24, 2.45) is 4.99 Å². The van der Waals surface area contributed by atoms with Crippen LogP contribution in [0.2, 0.25) is 0 Å². The maximum atomic E-state index is 13.8. The van der Waals surface area contributed by atoms with E-state index in [0.29, 0.717) is 33.0 Å². The Kier molecular flexibility index (Phi) is 7.83. The van der Waals surface area contributed by atoms with E-state index in [-0.39, 0.29) is 18.3 Å². The van der Waals surface area contributed by atoms with E-state index in [1.165, 1.54) is 11.0 Å². The quantitative estimate of drug-likeness (QED) is 0.416. The smallest absolute Gasteiger partial charge is 0.325 e. The highest BCUT2D eigenvalue weighted by atomic mass is 79.9. The summed E-state index contributed by atoms with van der Waals surface area (Å²) in [6.45, 7) is 14.1. The van der Waals surface area contributed by atoms with Crippen LogP contribution < -0.4 is 5.32 Å². The molecule has 176 valence electrons. The summed E-state index contributed by atoms with van der Waals surface area (Å²) in [6, 6.07) is 4.26. The summed E-state index contributed by atoms with van der Waals surface area (Å²) >= 11 is 3.23. The summed E-state index contributed by atoms with van der Waals surface area (Å²) in [4.78, 5) is 20.6. The van der Waals surface area contributed by atoms with Crippen LogP contribution in [0.5, 0.6) is 0 Å². The van der Waals surface area contributed by atoms with Crippen molar-refractivity contribution in [3.8, 4) is 0 Å². The summed E-state index contributed by atoms with van der Waals surface area (Å²) in [6.07, 6.45) is 9.89. The van der Waals surface area contributed by atoms with Crippen LogP contribution in [0.15, 0.2) is 99.6 Å². The number of halogens is 2. The van der Waals surface area contributed by atoms with Crippen molar-refractivity contribution in [2.75, 3.05) is 0 Å². The first-order chi connectivity index (χ1) is 16.2. The largest absolute Gasteiger partial charge is 0.357 e. The monoisotopic (exact) mass is 523 g/mol. The highest BCUT2D eigenvalue weighted by Crippen LogP contribution is 2.27. The molecule has 0 atom stereocenters. The zero-order valence-electron chi connectivity index (χ0n) is 19.5. The number of carbonyl (C=O) groups excluding carboxylic acids is 1. The second kappa shape index (κ2) is 10.6. The van der Waals surface area contributed by atoms with Gasteiger partial charge < -0.3 is 10.7 Å². The van der Waals surface area contributed by atoms with Gasteiger partial charge in [-0.05, 0) is 83.3 Å². The summed E-state index contributed by atoms with van der Waals surface area (Å²) in [5.41, 5.74) is 3.81. The first-order valence-corrected chi connectivity index (χ1v) is 11.6. The number of hydrogen-bond donors (Lipinski definition) is 2. The maximum absolute atomic E-state index is 13.8. The van der Waals surface area contributed by atoms with Gasteiger partial charge in [-0.15, -0.1) is 0 Å². The molecule has 3 rings (SSSR count). The minimum absolute atomic E-state index is 0.279. The molecule has 1 aromatic rings. The van der Waals surface area contributed by atoms with Gasteiger partial charge >= 0.3 is 6.03 Å². The molecule has 0 spiro atoms. The first kappa shape index (κ1) is 25.1. The van der Waals surface area contributed by atoms with E-state index in [4.69, 9.17) is 5.41 Å². The van der Waals surface area contributed by atoms with Crippen molar-refractivity contribution in [3.05, 3.63) is 106 Å². The molecule has 8 heteroatoms. The number of carbonyl (C=O) groups is 1. The summed E-state index contributed by atoms with van der Waals surface area (Å²) in [5, 5.41) is 11.2. The molecule has 0 radical (unpaired) electrons. The van der Waals surface area contributed by atoms with E-state index in [9.17, 15) is 9.18 Å². The van der Waals surface area contributed by atoms with Gasteiger partial charge in [0.25, 0.3) is 0 Å². The van der Waals surface area contributed by atoms with Crippen molar-refractivity contribution in [2.45, 2.75) is 33.7 Å². The lowest BCUT2D eigenvalue weighted by Crippen LogP contribution is -2.50. The number of hydrogen-bond acceptors (Lipinski definition) is 4. The van der Waals surface area contributed by atoms with Crippen LogP contribution in [0.4, 0.5) is 9.18 Å². The van der Waals surface area contributed by atoms with Crippen LogP contribution >= 0.6 is 15.9 Å². The van der Waals surface area contributed by atoms with E-state index < -0.39 is 6.03 Å². The predicted octanol–water partition coefficient (Wildman–Crippen LogP) is 6.53. The van der Waals surface area contributed by atoms with Crippen molar-refractivity contribution >= 4 is 33.6 Å². The fraction of sp³-hybridized carbons (Fsp3) is 0.192. The van der Waals surface area contributed by atoms with Crippen molar-refractivity contribution in [3.63, 3.8) is 0 Å². The second-order valence-electron chi connectivity index (χ2n) is 7.78. The zero-order chi connectivity index (χ0) is 25.0. The van der Waals surface area contributed by atoms with Gasteiger partial charge in [-0.2, -0.15) is 4.99 Å². The average Bonchev–Trinajstić information content (AvgIpc) is 2.79. The van der Waals surface area contributed by atoms with Gasteiger partial charge in [0, 0.05) is 11.4 Å². The Balaban J connectivity index is 2.04. The Morgan fingerprint density at radius 1 is 1.32 bits per heavy atom. The van der Waals surface area contributed by atoms with Gasteiger partial charge in [-0.1, -0.05) is 38.3 Å². The van der Waals surface area contributed by atoms with Crippen molar-refractivity contribution in [1.82, 2.24) is 15.1 Å². The lowest BCUT2D eigenvalue weighted by atomic mass is 9.99. The molecule has 1 aliphatic carbocycles. The predicted molar refractivity (Wildman–Crippen MR) is 138 cm³/mol. The lowest BCUT2D eigenvalue weighted by molar-refractivity contribution is 0.215. The molecule has 34 heavy (non-hydrogen) atoms. The van der Waals surface area contributed by atoms with Gasteiger partial charge in [0.15, 0.2) is 0 Å². The third-order valence-electron chi connectivity index (χ3n) is 5.32. The average molecular weight is 524 g/mol. The van der Waals surface area contributed by atoms with Gasteiger partial charge in [0.1, 0.15) is 11.6 Å². The molecule has 2 N–H and O–H groups in total. The molecule has 0 fully saturated rings. The van der Waals surface area contributed by atoms with E-state index >= 15 is 0 Å². The van der Waals surface area contributed by atoms with E-state index in [1.807, 2.05) is 39.0 Å². The number of nitrogens with one attached hydrogen (secondary N) is 2. The van der Waals surface area contributed by atoms with E-state index in [0.717, 1.165) is 17.6 Å². The van der Waals surface area contributed by atoms with Crippen LogP contribution in [0, 0.1) is 11.2 Å². The number of rotatable bonds is 6. The fourth-order valence-electron chi connectivity index (χ4n) is 3.44. The Morgan fingerprint density at radius 3 is 2.71 bits per heavy atom. The van der Waals surface area contributed by atoms with Crippen LogP contribution in [0.3, 0.4) is 0 Å². The molecule has 0 saturated carbocycles. The second-order valence-corrected chi connectivity index (χ2v) is 8.63. The molecular weight excluding hydrogens is 497 g/mol.